The molecule has 1 saturated heterocycles. The monoisotopic (exact) mass is 390 g/mol. The molecule has 0 atom stereocenters. The first-order chi connectivity index (χ1) is 11.6. The molecule has 1 aromatic carbocycles. The van der Waals surface area contributed by atoms with Crippen LogP contribution in [0.25, 0.3) is 0 Å². The quantitative estimate of drug-likeness (QED) is 0.735. The molecule has 2 rings (SSSR count). The van der Waals surface area contributed by atoms with Crippen molar-refractivity contribution >= 4 is 6.09 Å². The molecule has 0 aliphatic carbocycles. The number of likely N-dealkylation sites (tertiary alicyclic amines) is 1. The largest absolute Gasteiger partial charge is 1.00 e. The molecule has 0 unspecified atom stereocenters. The van der Waals surface area contributed by atoms with E-state index in [0.717, 1.165) is 12.1 Å². The Morgan fingerprint density at radius 3 is 2.38 bits per heavy atom. The molecule has 1 aromatic rings. The smallest absolute Gasteiger partial charge is 0.407 e. The van der Waals surface area contributed by atoms with E-state index in [0.29, 0.717) is 24.0 Å². The van der Waals surface area contributed by atoms with Crippen molar-refractivity contribution in [2.24, 2.45) is 0 Å². The molecule has 1 aliphatic rings. The lowest BCUT2D eigenvalue weighted by atomic mass is 9.97. The number of piperidine rings is 1. The van der Waals surface area contributed by atoms with Crippen molar-refractivity contribution in [3.8, 4) is 0 Å². The first-order valence-electron chi connectivity index (χ1n) is 8.80. The highest BCUT2D eigenvalue weighted by Gasteiger charge is 2.41. The van der Waals surface area contributed by atoms with Gasteiger partial charge in [0.05, 0.1) is 39.5 Å². The summed E-state index contributed by atoms with van der Waals surface area (Å²) in [6, 6.07) is 9.50. The van der Waals surface area contributed by atoms with E-state index >= 15 is 0 Å². The molecule has 0 spiro atoms. The molecule has 0 radical (unpaired) electrons. The number of benzene rings is 1. The Hall–Kier alpha value is -1.40. The van der Waals surface area contributed by atoms with Crippen LogP contribution in [0.3, 0.4) is 0 Å². The van der Waals surface area contributed by atoms with Gasteiger partial charge in [-0.05, 0) is 19.4 Å². The van der Waals surface area contributed by atoms with Crippen molar-refractivity contribution in [1.82, 2.24) is 5.32 Å². The third kappa shape index (κ3) is 7.46. The van der Waals surface area contributed by atoms with Crippen molar-refractivity contribution in [1.29, 1.82) is 0 Å². The number of hydrogen-bond acceptors (Lipinski definition) is 2. The van der Waals surface area contributed by atoms with E-state index in [1.54, 1.807) is 0 Å². The normalized spacial score (nSPS) is 18.5. The molecule has 1 N–H and O–H groups in total. The number of quaternary nitrogens is 1. The van der Waals surface area contributed by atoms with Crippen LogP contribution in [-0.2, 0) is 11.3 Å². The Kier molecular flexibility index (Phi) is 7.84. The predicted molar refractivity (Wildman–Crippen MR) is 93.4 cm³/mol. The minimum Gasteiger partial charge on any atom is -1.00 e. The zero-order chi connectivity index (χ0) is 18.6. The van der Waals surface area contributed by atoms with E-state index in [-0.39, 0.29) is 31.9 Å². The van der Waals surface area contributed by atoms with Gasteiger partial charge < -0.3 is 26.9 Å². The molecule has 0 saturated carbocycles. The average Bonchev–Trinajstić information content (AvgIpc) is 2.55. The maximum Gasteiger partial charge on any atom is 0.407 e. The third-order valence-corrected chi connectivity index (χ3v) is 4.96. The summed E-state index contributed by atoms with van der Waals surface area (Å²) in [6.07, 6.45) is 0.129. The zero-order valence-electron chi connectivity index (χ0n) is 15.7. The summed E-state index contributed by atoms with van der Waals surface area (Å²) in [5.74, 6) is -2.52. The summed E-state index contributed by atoms with van der Waals surface area (Å²) in [7, 11) is 2.01. The number of rotatable bonds is 6. The number of halogens is 3. The van der Waals surface area contributed by atoms with Gasteiger partial charge in [-0.3, -0.25) is 0 Å². The van der Waals surface area contributed by atoms with Crippen molar-refractivity contribution in [3.05, 3.63) is 35.9 Å². The van der Waals surface area contributed by atoms with E-state index in [1.807, 2.05) is 51.2 Å². The first kappa shape index (κ1) is 22.6. The van der Waals surface area contributed by atoms with Crippen molar-refractivity contribution in [3.63, 3.8) is 0 Å². The molecular formula is C19H29ClF2N2O2. The van der Waals surface area contributed by atoms with E-state index in [1.165, 1.54) is 0 Å². The second-order valence-corrected chi connectivity index (χ2v) is 7.97. The van der Waals surface area contributed by atoms with Gasteiger partial charge in [-0.2, -0.15) is 0 Å². The predicted octanol–water partition coefficient (Wildman–Crippen LogP) is 0.961. The Bertz CT molecular complexity index is 572. The second kappa shape index (κ2) is 9.00. The molecule has 148 valence electrons. The fourth-order valence-corrected chi connectivity index (χ4v) is 2.97. The molecule has 26 heavy (non-hydrogen) atoms. The van der Waals surface area contributed by atoms with Crippen LogP contribution in [0.1, 0.15) is 38.7 Å². The minimum atomic E-state index is -2.52. The van der Waals surface area contributed by atoms with Gasteiger partial charge in [-0.1, -0.05) is 30.3 Å². The number of hydrogen-bond donors (Lipinski definition) is 1. The maximum absolute atomic E-state index is 13.3. The zero-order valence-corrected chi connectivity index (χ0v) is 16.5. The van der Waals surface area contributed by atoms with Crippen molar-refractivity contribution in [2.75, 3.05) is 26.7 Å². The SMILES string of the molecule is CC(C)(CC[N+]1(C)CCC(F)(F)CC1)NC(=O)OCc1ccccc1.[Cl-]. The minimum absolute atomic E-state index is 0. The van der Waals surface area contributed by atoms with E-state index in [4.69, 9.17) is 4.74 Å². The Morgan fingerprint density at radius 1 is 1.23 bits per heavy atom. The van der Waals surface area contributed by atoms with Crippen LogP contribution in [0.2, 0.25) is 0 Å². The summed E-state index contributed by atoms with van der Waals surface area (Å²) in [5, 5.41) is 2.88. The van der Waals surface area contributed by atoms with Crippen LogP contribution in [0.15, 0.2) is 30.3 Å². The summed E-state index contributed by atoms with van der Waals surface area (Å²) in [5.41, 5.74) is 0.484. The second-order valence-electron chi connectivity index (χ2n) is 7.97. The highest BCUT2D eigenvalue weighted by Crippen LogP contribution is 2.31. The van der Waals surface area contributed by atoms with Gasteiger partial charge >= 0.3 is 6.09 Å². The molecule has 1 aliphatic heterocycles. The number of nitrogens with zero attached hydrogens (tertiary/aromatic N) is 1. The highest BCUT2D eigenvalue weighted by molar-refractivity contribution is 5.68. The van der Waals surface area contributed by atoms with Gasteiger partial charge in [-0.25, -0.2) is 13.6 Å². The van der Waals surface area contributed by atoms with Gasteiger partial charge in [0.1, 0.15) is 6.61 Å². The maximum atomic E-state index is 13.3. The Balaban J connectivity index is 0.00000338. The average molecular weight is 391 g/mol. The van der Waals surface area contributed by atoms with Gasteiger partial charge in [-0.15, -0.1) is 0 Å². The highest BCUT2D eigenvalue weighted by atomic mass is 35.5. The molecule has 0 bridgehead atoms. The van der Waals surface area contributed by atoms with Crippen LogP contribution >= 0.6 is 0 Å². The number of alkyl carbamates (subject to hydrolysis) is 1. The van der Waals surface area contributed by atoms with E-state index < -0.39 is 17.6 Å². The Labute approximate surface area is 160 Å². The molecule has 1 amide bonds. The lowest BCUT2D eigenvalue weighted by Crippen LogP contribution is -3.00. The summed E-state index contributed by atoms with van der Waals surface area (Å²) in [4.78, 5) is 12.0. The van der Waals surface area contributed by atoms with E-state index in [9.17, 15) is 13.6 Å². The summed E-state index contributed by atoms with van der Waals surface area (Å²) in [6.45, 7) is 5.79. The number of alkyl halides is 2. The number of nitrogens with one attached hydrogen (secondary N) is 1. The number of ether oxygens (including phenoxy) is 1. The van der Waals surface area contributed by atoms with Crippen LogP contribution in [-0.4, -0.2) is 48.7 Å². The molecule has 1 fully saturated rings. The van der Waals surface area contributed by atoms with Gasteiger partial charge in [0.15, 0.2) is 0 Å². The standard InChI is InChI=1S/C19H28F2N2O2.ClH/c1-18(2,9-12-23(3)13-10-19(20,21)11-14-23)22-17(24)25-15-16-7-5-4-6-8-16;/h4-8H,9-15H2,1-3H3;1H. The van der Waals surface area contributed by atoms with Gasteiger partial charge in [0, 0.05) is 12.0 Å². The summed E-state index contributed by atoms with van der Waals surface area (Å²) < 4.78 is 32.5. The molecule has 0 aromatic heterocycles. The fraction of sp³-hybridized carbons (Fsp3) is 0.632. The molecule has 4 nitrogen and oxygen atoms in total. The van der Waals surface area contributed by atoms with Crippen LogP contribution in [0.4, 0.5) is 13.6 Å². The van der Waals surface area contributed by atoms with Crippen molar-refractivity contribution < 1.29 is 35.2 Å². The molecule has 7 heteroatoms. The number of carbonyl (C=O) groups excluding carboxylic acids is 1. The van der Waals surface area contributed by atoms with E-state index in [2.05, 4.69) is 5.32 Å². The summed E-state index contributed by atoms with van der Waals surface area (Å²) >= 11 is 0. The lowest BCUT2D eigenvalue weighted by molar-refractivity contribution is -0.917. The lowest BCUT2D eigenvalue weighted by Gasteiger charge is -2.42. The first-order valence-corrected chi connectivity index (χ1v) is 8.80. The number of amides is 1. The molecular weight excluding hydrogens is 362 g/mol. The topological polar surface area (TPSA) is 38.3 Å². The third-order valence-electron chi connectivity index (χ3n) is 4.96. The fourth-order valence-electron chi connectivity index (χ4n) is 2.97. The van der Waals surface area contributed by atoms with Gasteiger partial charge in [0.2, 0.25) is 0 Å². The number of carbonyl (C=O) groups is 1. The van der Waals surface area contributed by atoms with Crippen LogP contribution < -0.4 is 17.7 Å². The molecule has 1 heterocycles. The van der Waals surface area contributed by atoms with Crippen molar-refractivity contribution in [2.45, 2.75) is 51.2 Å². The van der Waals surface area contributed by atoms with Crippen LogP contribution in [0.5, 0.6) is 0 Å². The van der Waals surface area contributed by atoms with Gasteiger partial charge in [0.25, 0.3) is 5.92 Å². The Morgan fingerprint density at radius 2 is 1.81 bits per heavy atom. The van der Waals surface area contributed by atoms with Crippen LogP contribution in [0, 0.1) is 0 Å².